The lowest BCUT2D eigenvalue weighted by Crippen LogP contribution is -1.93. The zero-order valence-electron chi connectivity index (χ0n) is 8.93. The monoisotopic (exact) mass is 205 g/mol. The molecule has 0 aliphatic heterocycles. The van der Waals surface area contributed by atoms with Gasteiger partial charge in [-0.1, -0.05) is 0 Å². The summed E-state index contributed by atoms with van der Waals surface area (Å²) in [5.41, 5.74) is 2.55. The summed E-state index contributed by atoms with van der Waals surface area (Å²) in [6.45, 7) is 5.25. The van der Waals surface area contributed by atoms with Gasteiger partial charge < -0.3 is 5.11 Å². The molecule has 0 radical (unpaired) electrons. The molecule has 15 heavy (non-hydrogen) atoms. The molecule has 1 aromatic carbocycles. The number of aromatic hydroxyl groups is 1. The van der Waals surface area contributed by atoms with Crippen LogP contribution in [0.5, 0.6) is 5.75 Å². The Bertz CT molecular complexity index is 549. The van der Waals surface area contributed by atoms with E-state index in [0.717, 1.165) is 5.69 Å². The Labute approximate surface area is 87.4 Å². The number of pyridine rings is 1. The van der Waals surface area contributed by atoms with E-state index in [2.05, 4.69) is 4.98 Å². The van der Waals surface area contributed by atoms with Crippen LogP contribution in [-0.4, -0.2) is 10.1 Å². The molecule has 0 spiro atoms. The molecule has 1 heterocycles. The van der Waals surface area contributed by atoms with Crippen LogP contribution in [0.2, 0.25) is 0 Å². The van der Waals surface area contributed by atoms with Crippen LogP contribution in [0.4, 0.5) is 4.39 Å². The van der Waals surface area contributed by atoms with Crippen LogP contribution in [0.15, 0.2) is 12.1 Å². The van der Waals surface area contributed by atoms with E-state index in [1.54, 1.807) is 19.9 Å². The second kappa shape index (κ2) is 3.19. The van der Waals surface area contributed by atoms with Gasteiger partial charge in [0.25, 0.3) is 0 Å². The van der Waals surface area contributed by atoms with Crippen molar-refractivity contribution < 1.29 is 9.50 Å². The number of benzene rings is 1. The van der Waals surface area contributed by atoms with E-state index in [0.29, 0.717) is 22.0 Å². The van der Waals surface area contributed by atoms with Gasteiger partial charge in [-0.2, -0.15) is 0 Å². The summed E-state index contributed by atoms with van der Waals surface area (Å²) in [6, 6.07) is 2.96. The fourth-order valence-electron chi connectivity index (χ4n) is 1.69. The molecule has 1 aromatic heterocycles. The van der Waals surface area contributed by atoms with Crippen LogP contribution < -0.4 is 0 Å². The van der Waals surface area contributed by atoms with Crippen molar-refractivity contribution in [1.29, 1.82) is 0 Å². The summed E-state index contributed by atoms with van der Waals surface area (Å²) < 4.78 is 13.3. The minimum Gasteiger partial charge on any atom is -0.507 e. The molecular formula is C12H12FNO. The average Bonchev–Trinajstić information content (AvgIpc) is 2.20. The van der Waals surface area contributed by atoms with E-state index in [4.69, 9.17) is 0 Å². The zero-order chi connectivity index (χ0) is 11.2. The van der Waals surface area contributed by atoms with Crippen LogP contribution in [0.1, 0.15) is 16.8 Å². The molecule has 0 fully saturated rings. The van der Waals surface area contributed by atoms with Gasteiger partial charge in [0.1, 0.15) is 11.6 Å². The maximum absolute atomic E-state index is 13.3. The van der Waals surface area contributed by atoms with E-state index in [1.165, 1.54) is 6.07 Å². The molecule has 0 unspecified atom stereocenters. The predicted molar refractivity (Wildman–Crippen MR) is 57.6 cm³/mol. The number of halogens is 1. The Hall–Kier alpha value is -1.64. The molecule has 78 valence electrons. The molecule has 0 bridgehead atoms. The summed E-state index contributed by atoms with van der Waals surface area (Å²) in [4.78, 5) is 4.31. The first-order valence-corrected chi connectivity index (χ1v) is 4.77. The van der Waals surface area contributed by atoms with Gasteiger partial charge in [-0.3, -0.25) is 4.98 Å². The lowest BCUT2D eigenvalue weighted by atomic mass is 10.0. The third-order valence-corrected chi connectivity index (χ3v) is 2.80. The highest BCUT2D eigenvalue weighted by Gasteiger charge is 2.12. The van der Waals surface area contributed by atoms with Crippen molar-refractivity contribution in [2.24, 2.45) is 0 Å². The van der Waals surface area contributed by atoms with Crippen molar-refractivity contribution in [2.45, 2.75) is 20.8 Å². The van der Waals surface area contributed by atoms with Crippen LogP contribution in [0, 0.1) is 26.6 Å². The summed E-state index contributed by atoms with van der Waals surface area (Å²) in [7, 11) is 0. The van der Waals surface area contributed by atoms with E-state index < -0.39 is 0 Å². The standard InChI is InChI=1S/C12H12FNO/c1-6-8(3)14-10-5-4-9(13)7(2)11(10)12(6)15/h4-5H,1-3H3,(H,14,15). The van der Waals surface area contributed by atoms with Crippen molar-refractivity contribution in [3.63, 3.8) is 0 Å². The van der Waals surface area contributed by atoms with Crippen LogP contribution >= 0.6 is 0 Å². The minimum absolute atomic E-state index is 0.134. The van der Waals surface area contributed by atoms with Gasteiger partial charge in [-0.05, 0) is 38.5 Å². The number of hydrogen-bond donors (Lipinski definition) is 1. The number of aryl methyl sites for hydroxylation is 2. The normalized spacial score (nSPS) is 10.9. The Morgan fingerprint density at radius 1 is 1.13 bits per heavy atom. The average molecular weight is 205 g/mol. The molecular weight excluding hydrogens is 193 g/mol. The van der Waals surface area contributed by atoms with Crippen LogP contribution in [0.25, 0.3) is 10.9 Å². The molecule has 2 rings (SSSR count). The fraction of sp³-hybridized carbons (Fsp3) is 0.250. The van der Waals surface area contributed by atoms with Gasteiger partial charge in [0.05, 0.1) is 5.52 Å². The molecule has 0 atom stereocenters. The highest BCUT2D eigenvalue weighted by Crippen LogP contribution is 2.32. The first kappa shape index (κ1) is 9.90. The number of nitrogens with zero attached hydrogens (tertiary/aromatic N) is 1. The van der Waals surface area contributed by atoms with Gasteiger partial charge in [0.2, 0.25) is 0 Å². The second-order valence-corrected chi connectivity index (χ2v) is 3.74. The first-order chi connectivity index (χ1) is 7.02. The van der Waals surface area contributed by atoms with Gasteiger partial charge in [-0.25, -0.2) is 4.39 Å². The van der Waals surface area contributed by atoms with Crippen molar-refractivity contribution in [2.75, 3.05) is 0 Å². The lowest BCUT2D eigenvalue weighted by Gasteiger charge is -2.09. The summed E-state index contributed by atoms with van der Waals surface area (Å²) >= 11 is 0. The fourth-order valence-corrected chi connectivity index (χ4v) is 1.69. The van der Waals surface area contributed by atoms with E-state index in [9.17, 15) is 9.50 Å². The SMILES string of the molecule is Cc1nc2ccc(F)c(C)c2c(O)c1C. The van der Waals surface area contributed by atoms with Crippen molar-refractivity contribution in [3.05, 3.63) is 34.8 Å². The molecule has 3 heteroatoms. The lowest BCUT2D eigenvalue weighted by molar-refractivity contribution is 0.475. The zero-order valence-corrected chi connectivity index (χ0v) is 8.93. The molecule has 0 aliphatic carbocycles. The van der Waals surface area contributed by atoms with Crippen molar-refractivity contribution in [3.8, 4) is 5.75 Å². The quantitative estimate of drug-likeness (QED) is 0.717. The van der Waals surface area contributed by atoms with Crippen molar-refractivity contribution in [1.82, 2.24) is 4.98 Å². The van der Waals surface area contributed by atoms with Crippen LogP contribution in [0.3, 0.4) is 0 Å². The number of fused-ring (bicyclic) bond motifs is 1. The smallest absolute Gasteiger partial charge is 0.130 e. The topological polar surface area (TPSA) is 33.1 Å². The molecule has 0 amide bonds. The maximum Gasteiger partial charge on any atom is 0.130 e. The maximum atomic E-state index is 13.3. The minimum atomic E-state index is -0.317. The number of aromatic nitrogens is 1. The Morgan fingerprint density at radius 3 is 2.47 bits per heavy atom. The Balaban J connectivity index is 3.00. The third-order valence-electron chi connectivity index (χ3n) is 2.80. The predicted octanol–water partition coefficient (Wildman–Crippen LogP) is 3.00. The molecule has 0 saturated heterocycles. The molecule has 0 aliphatic rings. The second-order valence-electron chi connectivity index (χ2n) is 3.74. The molecule has 1 N–H and O–H groups in total. The highest BCUT2D eigenvalue weighted by molar-refractivity contribution is 5.89. The molecule has 2 nitrogen and oxygen atoms in total. The van der Waals surface area contributed by atoms with E-state index in [1.807, 2.05) is 6.92 Å². The largest absolute Gasteiger partial charge is 0.507 e. The van der Waals surface area contributed by atoms with Gasteiger partial charge >= 0.3 is 0 Å². The summed E-state index contributed by atoms with van der Waals surface area (Å²) in [6.07, 6.45) is 0. The molecule has 0 saturated carbocycles. The number of rotatable bonds is 0. The highest BCUT2D eigenvalue weighted by atomic mass is 19.1. The number of hydrogen-bond acceptors (Lipinski definition) is 2. The third kappa shape index (κ3) is 1.35. The van der Waals surface area contributed by atoms with Gasteiger partial charge in [0, 0.05) is 16.6 Å². The van der Waals surface area contributed by atoms with Crippen molar-refractivity contribution >= 4 is 10.9 Å². The van der Waals surface area contributed by atoms with Gasteiger partial charge in [0.15, 0.2) is 0 Å². The summed E-state index contributed by atoms with van der Waals surface area (Å²) in [5, 5.41) is 10.4. The van der Waals surface area contributed by atoms with E-state index >= 15 is 0 Å². The molecule has 2 aromatic rings. The Kier molecular flexibility index (Phi) is 2.11. The van der Waals surface area contributed by atoms with Crippen LogP contribution in [-0.2, 0) is 0 Å². The van der Waals surface area contributed by atoms with Gasteiger partial charge in [-0.15, -0.1) is 0 Å². The summed E-state index contributed by atoms with van der Waals surface area (Å²) in [5.74, 6) is -0.183. The first-order valence-electron chi connectivity index (χ1n) is 4.77. The Morgan fingerprint density at radius 2 is 1.80 bits per heavy atom. The van der Waals surface area contributed by atoms with E-state index in [-0.39, 0.29) is 11.6 Å².